The van der Waals surface area contributed by atoms with E-state index in [0.29, 0.717) is 11.8 Å². The molecule has 1 heterocycles. The van der Waals surface area contributed by atoms with Crippen molar-refractivity contribution in [2.75, 3.05) is 27.2 Å². The lowest BCUT2D eigenvalue weighted by molar-refractivity contribution is 0.312. The lowest BCUT2D eigenvalue weighted by Gasteiger charge is -2.23. The number of methoxy groups -OCH3 is 1. The average Bonchev–Trinajstić information content (AvgIpc) is 2.92. The Labute approximate surface area is 146 Å². The van der Waals surface area contributed by atoms with Crippen molar-refractivity contribution in [3.8, 4) is 5.75 Å². The molecule has 3 heteroatoms. The van der Waals surface area contributed by atoms with Gasteiger partial charge in [0.15, 0.2) is 0 Å². The van der Waals surface area contributed by atoms with Gasteiger partial charge < -0.3 is 9.64 Å². The normalized spacial score (nSPS) is 23.4. The third-order valence-corrected chi connectivity index (χ3v) is 6.25. The number of nitrogens with zero attached hydrogens (tertiary/aromatic N) is 1. The zero-order chi connectivity index (χ0) is 16.0. The highest BCUT2D eigenvalue weighted by molar-refractivity contribution is 9.10. The van der Waals surface area contributed by atoms with Crippen molar-refractivity contribution < 1.29 is 4.74 Å². The van der Waals surface area contributed by atoms with Gasteiger partial charge in [0.1, 0.15) is 5.75 Å². The fourth-order valence-electron chi connectivity index (χ4n) is 4.36. The highest BCUT2D eigenvalue weighted by Crippen LogP contribution is 2.48. The molecule has 1 aliphatic carbocycles. The second kappa shape index (κ2) is 5.95. The Hall–Kier alpha value is -1.32. The Morgan fingerprint density at radius 3 is 2.70 bits per heavy atom. The Morgan fingerprint density at radius 1 is 1.17 bits per heavy atom. The van der Waals surface area contributed by atoms with E-state index < -0.39 is 0 Å². The fraction of sp³-hybridized carbons (Fsp3) is 0.400. The van der Waals surface area contributed by atoms with Crippen molar-refractivity contribution in [2.24, 2.45) is 0 Å². The van der Waals surface area contributed by atoms with Gasteiger partial charge in [-0.25, -0.2) is 0 Å². The van der Waals surface area contributed by atoms with Crippen LogP contribution in [-0.2, 0) is 6.42 Å². The van der Waals surface area contributed by atoms with Crippen LogP contribution >= 0.6 is 15.9 Å². The summed E-state index contributed by atoms with van der Waals surface area (Å²) in [5.74, 6) is 2.05. The smallest absolute Gasteiger partial charge is 0.133 e. The number of hydrogen-bond acceptors (Lipinski definition) is 2. The molecule has 0 bridgehead atoms. The van der Waals surface area contributed by atoms with E-state index >= 15 is 0 Å². The summed E-state index contributed by atoms with van der Waals surface area (Å²) in [4.78, 5) is 2.50. The summed E-state index contributed by atoms with van der Waals surface area (Å²) in [7, 11) is 4.03. The van der Waals surface area contributed by atoms with Crippen molar-refractivity contribution in [3.63, 3.8) is 0 Å². The summed E-state index contributed by atoms with van der Waals surface area (Å²) in [6.07, 6.45) is 2.40. The first-order chi connectivity index (χ1) is 11.2. The maximum Gasteiger partial charge on any atom is 0.133 e. The van der Waals surface area contributed by atoms with Crippen LogP contribution in [0.4, 0.5) is 0 Å². The topological polar surface area (TPSA) is 12.5 Å². The molecule has 0 amide bonds. The molecule has 0 N–H and O–H groups in total. The quantitative estimate of drug-likeness (QED) is 0.766. The van der Waals surface area contributed by atoms with Gasteiger partial charge in [0.25, 0.3) is 0 Å². The Kier molecular flexibility index (Phi) is 3.94. The first-order valence-corrected chi connectivity index (χ1v) is 9.11. The van der Waals surface area contributed by atoms with Crippen LogP contribution in [-0.4, -0.2) is 32.1 Å². The zero-order valence-corrected chi connectivity index (χ0v) is 15.3. The Balaban J connectivity index is 1.94. The summed E-state index contributed by atoms with van der Waals surface area (Å²) in [5, 5.41) is 0. The van der Waals surface area contributed by atoms with Gasteiger partial charge in [0.05, 0.1) is 11.6 Å². The van der Waals surface area contributed by atoms with Crippen LogP contribution in [0.1, 0.15) is 40.5 Å². The molecule has 23 heavy (non-hydrogen) atoms. The number of ether oxygens (including phenoxy) is 1. The van der Waals surface area contributed by atoms with Crippen molar-refractivity contribution in [1.82, 2.24) is 4.90 Å². The van der Waals surface area contributed by atoms with Gasteiger partial charge in [-0.15, -0.1) is 0 Å². The highest BCUT2D eigenvalue weighted by Gasteiger charge is 2.35. The van der Waals surface area contributed by atoms with Gasteiger partial charge in [0.2, 0.25) is 0 Å². The minimum Gasteiger partial charge on any atom is -0.496 e. The first kappa shape index (κ1) is 15.2. The van der Waals surface area contributed by atoms with E-state index in [4.69, 9.17) is 4.74 Å². The van der Waals surface area contributed by atoms with Crippen molar-refractivity contribution in [2.45, 2.75) is 24.7 Å². The number of rotatable bonds is 2. The van der Waals surface area contributed by atoms with Crippen LogP contribution < -0.4 is 4.74 Å². The van der Waals surface area contributed by atoms with Crippen LogP contribution in [0.5, 0.6) is 5.75 Å². The van der Waals surface area contributed by atoms with E-state index in [1.165, 1.54) is 23.1 Å². The minimum absolute atomic E-state index is 0.417. The Bertz CT molecular complexity index is 728. The number of halogens is 1. The van der Waals surface area contributed by atoms with E-state index in [2.05, 4.69) is 64.3 Å². The molecule has 0 radical (unpaired) electrons. The molecular weight excluding hydrogens is 350 g/mol. The standard InChI is InChI=1S/C20H22BrNO/c1-22-11-14-8-9-15-19(14)16(10-18(23-2)20(15)21)17(12-22)13-6-4-3-5-7-13/h3-7,10,14,17H,8-9,11-12H2,1-2H3/t14-,17-/m0/s1. The molecule has 0 spiro atoms. The number of likely N-dealkylation sites (N-methyl/N-ethyl adjacent to an activating group) is 1. The number of hydrogen-bond donors (Lipinski definition) is 0. The monoisotopic (exact) mass is 371 g/mol. The van der Waals surface area contributed by atoms with E-state index in [9.17, 15) is 0 Å². The molecule has 2 aliphatic rings. The molecule has 0 unspecified atom stereocenters. The van der Waals surface area contributed by atoms with Crippen LogP contribution in [0.3, 0.4) is 0 Å². The van der Waals surface area contributed by atoms with Gasteiger partial charge in [-0.05, 0) is 70.1 Å². The van der Waals surface area contributed by atoms with Gasteiger partial charge in [0, 0.05) is 19.0 Å². The fourth-order valence-corrected chi connectivity index (χ4v) is 5.05. The molecule has 0 aromatic heterocycles. The first-order valence-electron chi connectivity index (χ1n) is 8.31. The van der Waals surface area contributed by atoms with Crippen molar-refractivity contribution in [1.29, 1.82) is 0 Å². The summed E-state index contributed by atoms with van der Waals surface area (Å²) in [6.45, 7) is 2.22. The Morgan fingerprint density at radius 2 is 1.96 bits per heavy atom. The predicted molar refractivity (Wildman–Crippen MR) is 97.5 cm³/mol. The van der Waals surface area contributed by atoms with Gasteiger partial charge >= 0.3 is 0 Å². The van der Waals surface area contributed by atoms with Crippen LogP contribution in [0.25, 0.3) is 0 Å². The SMILES string of the molecule is COc1cc2c3c(c1Br)CC[C@H]3CN(C)C[C@H]2c1ccccc1. The zero-order valence-electron chi connectivity index (χ0n) is 13.7. The van der Waals surface area contributed by atoms with E-state index in [-0.39, 0.29) is 0 Å². The van der Waals surface area contributed by atoms with Crippen LogP contribution in [0.15, 0.2) is 40.9 Å². The lowest BCUT2D eigenvalue weighted by Crippen LogP contribution is -2.25. The minimum atomic E-state index is 0.417. The molecule has 1 aliphatic heterocycles. The highest BCUT2D eigenvalue weighted by atomic mass is 79.9. The molecule has 0 saturated heterocycles. The second-order valence-corrected chi connectivity index (χ2v) is 7.59. The predicted octanol–water partition coefficient (Wildman–Crippen LogP) is 4.56. The molecule has 0 saturated carbocycles. The molecule has 4 rings (SSSR count). The summed E-state index contributed by atoms with van der Waals surface area (Å²) >= 11 is 3.79. The molecule has 120 valence electrons. The van der Waals surface area contributed by atoms with Crippen LogP contribution in [0.2, 0.25) is 0 Å². The van der Waals surface area contributed by atoms with Crippen molar-refractivity contribution in [3.05, 3.63) is 63.1 Å². The molecule has 2 nitrogen and oxygen atoms in total. The lowest BCUT2D eigenvalue weighted by atomic mass is 9.85. The van der Waals surface area contributed by atoms with Gasteiger partial charge in [-0.2, -0.15) is 0 Å². The third-order valence-electron chi connectivity index (χ3n) is 5.38. The van der Waals surface area contributed by atoms with E-state index in [1.54, 1.807) is 12.7 Å². The van der Waals surface area contributed by atoms with Gasteiger partial charge in [-0.1, -0.05) is 30.3 Å². The molecular formula is C20H22BrNO. The largest absolute Gasteiger partial charge is 0.496 e. The van der Waals surface area contributed by atoms with Crippen molar-refractivity contribution >= 4 is 15.9 Å². The van der Waals surface area contributed by atoms with Crippen LogP contribution in [0, 0.1) is 0 Å². The summed E-state index contributed by atoms with van der Waals surface area (Å²) in [6, 6.07) is 13.2. The summed E-state index contributed by atoms with van der Waals surface area (Å²) in [5.41, 5.74) is 5.92. The molecule has 2 aromatic carbocycles. The average molecular weight is 372 g/mol. The van der Waals surface area contributed by atoms with E-state index in [0.717, 1.165) is 29.7 Å². The molecule has 2 atom stereocenters. The maximum absolute atomic E-state index is 5.66. The maximum atomic E-state index is 5.66. The van der Waals surface area contributed by atoms with E-state index in [1.807, 2.05) is 0 Å². The number of benzene rings is 2. The third kappa shape index (κ3) is 2.50. The molecule has 0 fully saturated rings. The van der Waals surface area contributed by atoms with Gasteiger partial charge in [-0.3, -0.25) is 0 Å². The second-order valence-electron chi connectivity index (χ2n) is 6.79. The summed E-state index contributed by atoms with van der Waals surface area (Å²) < 4.78 is 6.83. The molecule has 2 aromatic rings.